The second kappa shape index (κ2) is 4.71. The molecule has 0 bridgehead atoms. The van der Waals surface area contributed by atoms with Gasteiger partial charge in [-0.25, -0.2) is 8.78 Å². The van der Waals surface area contributed by atoms with E-state index < -0.39 is 11.6 Å². The van der Waals surface area contributed by atoms with E-state index in [0.717, 1.165) is 16.6 Å². The van der Waals surface area contributed by atoms with Crippen LogP contribution in [-0.2, 0) is 0 Å². The van der Waals surface area contributed by atoms with Gasteiger partial charge < -0.3 is 11.1 Å². The van der Waals surface area contributed by atoms with Gasteiger partial charge in [0, 0.05) is 16.2 Å². The van der Waals surface area contributed by atoms with E-state index in [1.54, 1.807) is 18.2 Å². The minimum absolute atomic E-state index is 0.105. The Hall–Kier alpha value is -1.62. The van der Waals surface area contributed by atoms with Gasteiger partial charge in [0.15, 0.2) is 5.82 Å². The zero-order valence-corrected chi connectivity index (χ0v) is 10.3. The standard InChI is InChI=1S/C12H9BrF2N2/c13-7-2-1-3-9(4-7)17-11-6-8(14)5-10(15)12(11)16/h1-6,17H,16H2. The molecule has 0 atom stereocenters. The Kier molecular flexibility index (Phi) is 3.28. The number of hydrogen-bond donors (Lipinski definition) is 2. The fourth-order valence-corrected chi connectivity index (χ4v) is 1.81. The van der Waals surface area contributed by atoms with Gasteiger partial charge in [-0.05, 0) is 24.3 Å². The number of benzene rings is 2. The molecule has 2 rings (SSSR count). The Morgan fingerprint density at radius 1 is 1.12 bits per heavy atom. The first kappa shape index (κ1) is 11.9. The summed E-state index contributed by atoms with van der Waals surface area (Å²) in [5.41, 5.74) is 6.32. The van der Waals surface area contributed by atoms with Gasteiger partial charge in [0.05, 0.1) is 11.4 Å². The Balaban J connectivity index is 2.36. The van der Waals surface area contributed by atoms with E-state index in [9.17, 15) is 8.78 Å². The van der Waals surface area contributed by atoms with Gasteiger partial charge >= 0.3 is 0 Å². The lowest BCUT2D eigenvalue weighted by molar-refractivity contribution is 0.587. The highest BCUT2D eigenvalue weighted by Crippen LogP contribution is 2.27. The van der Waals surface area contributed by atoms with Crippen LogP contribution in [0, 0.1) is 11.6 Å². The molecule has 0 aliphatic rings. The van der Waals surface area contributed by atoms with Crippen molar-refractivity contribution in [3.05, 3.63) is 52.5 Å². The zero-order chi connectivity index (χ0) is 12.4. The van der Waals surface area contributed by atoms with Gasteiger partial charge in [-0.2, -0.15) is 0 Å². The molecule has 0 aliphatic heterocycles. The van der Waals surface area contributed by atoms with Crippen LogP contribution in [0.1, 0.15) is 0 Å². The number of nitrogen functional groups attached to an aromatic ring is 1. The van der Waals surface area contributed by atoms with Gasteiger partial charge in [-0.3, -0.25) is 0 Å². The first-order valence-corrected chi connectivity index (χ1v) is 5.62. The average molecular weight is 299 g/mol. The minimum Gasteiger partial charge on any atom is -0.395 e. The molecule has 2 aromatic rings. The van der Waals surface area contributed by atoms with Crippen LogP contribution in [0.2, 0.25) is 0 Å². The van der Waals surface area contributed by atoms with Crippen molar-refractivity contribution in [1.29, 1.82) is 0 Å². The molecule has 0 saturated carbocycles. The van der Waals surface area contributed by atoms with E-state index in [1.807, 2.05) is 6.07 Å². The predicted octanol–water partition coefficient (Wildman–Crippen LogP) is 4.05. The topological polar surface area (TPSA) is 38.0 Å². The fraction of sp³-hybridized carbons (Fsp3) is 0. The SMILES string of the molecule is Nc1c(F)cc(F)cc1Nc1cccc(Br)c1. The van der Waals surface area contributed by atoms with Crippen LogP contribution >= 0.6 is 15.9 Å². The molecule has 0 unspecified atom stereocenters. The third-order valence-electron chi connectivity index (χ3n) is 2.20. The quantitative estimate of drug-likeness (QED) is 0.821. The lowest BCUT2D eigenvalue weighted by atomic mass is 10.2. The molecule has 3 N–H and O–H groups in total. The highest BCUT2D eigenvalue weighted by Gasteiger charge is 2.08. The molecule has 0 aliphatic carbocycles. The normalized spacial score (nSPS) is 10.3. The van der Waals surface area contributed by atoms with Crippen molar-refractivity contribution in [1.82, 2.24) is 0 Å². The fourth-order valence-electron chi connectivity index (χ4n) is 1.41. The number of hydrogen-bond acceptors (Lipinski definition) is 2. The number of nitrogens with two attached hydrogens (primary N) is 1. The van der Waals surface area contributed by atoms with Crippen molar-refractivity contribution < 1.29 is 8.78 Å². The molecule has 0 heterocycles. The highest BCUT2D eigenvalue weighted by atomic mass is 79.9. The van der Waals surface area contributed by atoms with Crippen LogP contribution in [-0.4, -0.2) is 0 Å². The molecule has 0 spiro atoms. The van der Waals surface area contributed by atoms with Gasteiger partial charge in [-0.1, -0.05) is 22.0 Å². The first-order chi connectivity index (χ1) is 8.06. The number of rotatable bonds is 2. The first-order valence-electron chi connectivity index (χ1n) is 4.83. The van der Waals surface area contributed by atoms with E-state index in [4.69, 9.17) is 5.73 Å². The van der Waals surface area contributed by atoms with Crippen LogP contribution in [0.3, 0.4) is 0 Å². The summed E-state index contributed by atoms with van der Waals surface area (Å²) in [5.74, 6) is -1.45. The van der Waals surface area contributed by atoms with Crippen molar-refractivity contribution in [3.63, 3.8) is 0 Å². The van der Waals surface area contributed by atoms with Gasteiger partial charge in [0.1, 0.15) is 5.82 Å². The maximum Gasteiger partial charge on any atom is 0.151 e. The highest BCUT2D eigenvalue weighted by molar-refractivity contribution is 9.10. The van der Waals surface area contributed by atoms with Crippen molar-refractivity contribution in [2.75, 3.05) is 11.1 Å². The molecule has 2 nitrogen and oxygen atoms in total. The second-order valence-electron chi connectivity index (χ2n) is 3.48. The van der Waals surface area contributed by atoms with E-state index in [1.165, 1.54) is 0 Å². The van der Waals surface area contributed by atoms with Crippen molar-refractivity contribution in [3.8, 4) is 0 Å². The van der Waals surface area contributed by atoms with Crippen molar-refractivity contribution >= 4 is 33.0 Å². The maximum atomic E-state index is 13.2. The predicted molar refractivity (Wildman–Crippen MR) is 68.2 cm³/mol. The smallest absolute Gasteiger partial charge is 0.151 e. The summed E-state index contributed by atoms with van der Waals surface area (Å²) in [6.45, 7) is 0. The van der Waals surface area contributed by atoms with Crippen LogP contribution in [0.5, 0.6) is 0 Å². The molecular weight excluding hydrogens is 290 g/mol. The van der Waals surface area contributed by atoms with E-state index in [2.05, 4.69) is 21.2 Å². The summed E-state index contributed by atoms with van der Waals surface area (Å²) in [5, 5.41) is 2.86. The van der Waals surface area contributed by atoms with Crippen molar-refractivity contribution in [2.24, 2.45) is 0 Å². The van der Waals surface area contributed by atoms with Gasteiger partial charge in [0.2, 0.25) is 0 Å². The molecule has 17 heavy (non-hydrogen) atoms. The summed E-state index contributed by atoms with van der Waals surface area (Å²) < 4.78 is 27.1. The second-order valence-corrected chi connectivity index (χ2v) is 4.40. The van der Waals surface area contributed by atoms with Crippen LogP contribution < -0.4 is 11.1 Å². The van der Waals surface area contributed by atoms with E-state index in [-0.39, 0.29) is 11.4 Å². The molecule has 0 amide bonds. The Bertz CT molecular complexity index is 558. The molecule has 0 radical (unpaired) electrons. The summed E-state index contributed by atoms with van der Waals surface area (Å²) in [7, 11) is 0. The summed E-state index contributed by atoms with van der Waals surface area (Å²) >= 11 is 3.30. The van der Waals surface area contributed by atoms with Gasteiger partial charge in [0.25, 0.3) is 0 Å². The third-order valence-corrected chi connectivity index (χ3v) is 2.69. The molecule has 2 aromatic carbocycles. The molecule has 5 heteroatoms. The van der Waals surface area contributed by atoms with Gasteiger partial charge in [-0.15, -0.1) is 0 Å². The Morgan fingerprint density at radius 2 is 1.88 bits per heavy atom. The minimum atomic E-state index is -0.775. The Morgan fingerprint density at radius 3 is 2.59 bits per heavy atom. The lowest BCUT2D eigenvalue weighted by Crippen LogP contribution is -2.00. The lowest BCUT2D eigenvalue weighted by Gasteiger charge is -2.10. The number of halogens is 3. The molecule has 0 aromatic heterocycles. The number of nitrogens with one attached hydrogen (secondary N) is 1. The average Bonchev–Trinajstić information content (AvgIpc) is 2.25. The van der Waals surface area contributed by atoms with E-state index >= 15 is 0 Å². The molecule has 0 saturated heterocycles. The summed E-state index contributed by atoms with van der Waals surface area (Å²) in [6.07, 6.45) is 0. The Labute approximate surface area is 106 Å². The van der Waals surface area contributed by atoms with Crippen LogP contribution in [0.25, 0.3) is 0 Å². The molecular formula is C12H9BrF2N2. The van der Waals surface area contributed by atoms with Crippen LogP contribution in [0.15, 0.2) is 40.9 Å². The summed E-state index contributed by atoms with van der Waals surface area (Å²) in [4.78, 5) is 0. The summed E-state index contributed by atoms with van der Waals surface area (Å²) in [6, 6.07) is 9.11. The molecule has 88 valence electrons. The van der Waals surface area contributed by atoms with Crippen LogP contribution in [0.4, 0.5) is 25.8 Å². The van der Waals surface area contributed by atoms with Crippen molar-refractivity contribution in [2.45, 2.75) is 0 Å². The largest absolute Gasteiger partial charge is 0.395 e. The van der Waals surface area contributed by atoms with E-state index in [0.29, 0.717) is 5.69 Å². The molecule has 0 fully saturated rings. The third kappa shape index (κ3) is 2.74. The zero-order valence-electron chi connectivity index (χ0n) is 8.68. The number of anilines is 3. The monoisotopic (exact) mass is 298 g/mol. The maximum absolute atomic E-state index is 13.2.